The molecule has 2 aromatic heterocycles. The predicted molar refractivity (Wildman–Crippen MR) is 113 cm³/mol. The van der Waals surface area contributed by atoms with Gasteiger partial charge in [-0.2, -0.15) is 0 Å². The number of fused-ring (bicyclic) bond motifs is 1. The van der Waals surface area contributed by atoms with E-state index in [0.29, 0.717) is 5.65 Å². The molecule has 1 saturated heterocycles. The van der Waals surface area contributed by atoms with Crippen LogP contribution in [0, 0.1) is 5.92 Å². The number of aromatic nitrogens is 5. The molecule has 4 rings (SSSR count). The highest BCUT2D eigenvalue weighted by Crippen LogP contribution is 2.23. The maximum Gasteiger partial charge on any atom is 0.227 e. The smallest absolute Gasteiger partial charge is 0.227 e. The monoisotopic (exact) mass is 416 g/mol. The van der Waals surface area contributed by atoms with Crippen LogP contribution in [-0.4, -0.2) is 50.8 Å². The Bertz CT molecular complexity index is 954. The number of hydrogen-bond donors (Lipinski definition) is 2. The molecule has 1 fully saturated rings. The Morgan fingerprint density at radius 1 is 1.21 bits per heavy atom. The van der Waals surface area contributed by atoms with Crippen LogP contribution in [0.15, 0.2) is 36.4 Å². The average Bonchev–Trinajstić information content (AvgIpc) is 3.20. The van der Waals surface area contributed by atoms with Gasteiger partial charge < -0.3 is 15.5 Å². The van der Waals surface area contributed by atoms with E-state index in [2.05, 4.69) is 49.1 Å². The number of nitrogens with one attached hydrogen (secondary N) is 2. The molecular weight excluding hydrogens is 392 g/mol. The molecule has 10 heteroatoms. The van der Waals surface area contributed by atoms with E-state index in [4.69, 9.17) is 0 Å². The summed E-state index contributed by atoms with van der Waals surface area (Å²) in [5, 5.41) is 22.1. The SMILES string of the molecule is CCNCc1cccc(NC(=O)C2CCN(c3ccc4nnnn4n3)CC2)c1.Cl. The van der Waals surface area contributed by atoms with Crippen LogP contribution < -0.4 is 15.5 Å². The van der Waals surface area contributed by atoms with E-state index in [-0.39, 0.29) is 24.2 Å². The number of benzene rings is 1. The minimum atomic E-state index is 0. The third-order valence-electron chi connectivity index (χ3n) is 5.02. The van der Waals surface area contributed by atoms with Gasteiger partial charge in [-0.1, -0.05) is 19.1 Å². The predicted octanol–water partition coefficient (Wildman–Crippen LogP) is 1.91. The van der Waals surface area contributed by atoms with Crippen molar-refractivity contribution in [3.8, 4) is 0 Å². The molecule has 2 N–H and O–H groups in total. The molecule has 0 spiro atoms. The summed E-state index contributed by atoms with van der Waals surface area (Å²) in [5.41, 5.74) is 2.64. The lowest BCUT2D eigenvalue weighted by molar-refractivity contribution is -0.120. The Labute approximate surface area is 175 Å². The second-order valence-electron chi connectivity index (χ2n) is 6.95. The molecule has 0 bridgehead atoms. The maximum absolute atomic E-state index is 12.7. The molecule has 0 atom stereocenters. The lowest BCUT2D eigenvalue weighted by Crippen LogP contribution is -2.38. The van der Waals surface area contributed by atoms with Crippen LogP contribution in [-0.2, 0) is 11.3 Å². The Hall–Kier alpha value is -2.78. The summed E-state index contributed by atoms with van der Waals surface area (Å²) in [6.07, 6.45) is 1.58. The number of amides is 1. The Balaban J connectivity index is 0.00000240. The highest BCUT2D eigenvalue weighted by Gasteiger charge is 2.26. The van der Waals surface area contributed by atoms with Gasteiger partial charge in [0, 0.05) is 31.2 Å². The van der Waals surface area contributed by atoms with Crippen LogP contribution in [0.3, 0.4) is 0 Å². The van der Waals surface area contributed by atoms with Crippen molar-refractivity contribution in [3.05, 3.63) is 42.0 Å². The standard InChI is InChI=1S/C19H24N8O.ClH/c1-2-20-13-14-4-3-5-16(12-14)21-19(28)15-8-10-26(11-9-15)18-7-6-17-22-24-25-27(17)23-18;/h3-7,12,15,20H,2,8-11,13H2,1H3,(H,21,28);1H. The van der Waals surface area contributed by atoms with Gasteiger partial charge in [-0.3, -0.25) is 4.79 Å². The van der Waals surface area contributed by atoms with E-state index in [0.717, 1.165) is 50.5 Å². The maximum atomic E-state index is 12.7. The molecule has 3 heterocycles. The largest absolute Gasteiger partial charge is 0.355 e. The van der Waals surface area contributed by atoms with E-state index in [9.17, 15) is 4.79 Å². The molecule has 0 unspecified atom stereocenters. The van der Waals surface area contributed by atoms with Crippen molar-refractivity contribution < 1.29 is 4.79 Å². The highest BCUT2D eigenvalue weighted by molar-refractivity contribution is 5.92. The fourth-order valence-corrected chi connectivity index (χ4v) is 3.45. The number of halogens is 1. The highest BCUT2D eigenvalue weighted by atomic mass is 35.5. The first-order chi connectivity index (χ1) is 13.7. The number of carbonyl (C=O) groups excluding carboxylic acids is 1. The van der Waals surface area contributed by atoms with Crippen molar-refractivity contribution in [2.24, 2.45) is 5.92 Å². The number of nitrogens with zero attached hydrogens (tertiary/aromatic N) is 6. The van der Waals surface area contributed by atoms with E-state index >= 15 is 0 Å². The normalized spacial score (nSPS) is 14.6. The van der Waals surface area contributed by atoms with Crippen molar-refractivity contribution in [2.75, 3.05) is 29.9 Å². The summed E-state index contributed by atoms with van der Waals surface area (Å²) < 4.78 is 1.43. The molecule has 0 aliphatic carbocycles. The second kappa shape index (κ2) is 9.62. The third kappa shape index (κ3) is 4.99. The van der Waals surface area contributed by atoms with Gasteiger partial charge in [-0.15, -0.1) is 27.2 Å². The Morgan fingerprint density at radius 3 is 2.83 bits per heavy atom. The molecule has 154 valence electrons. The Kier molecular flexibility index (Phi) is 6.95. The zero-order valence-corrected chi connectivity index (χ0v) is 17.1. The van der Waals surface area contributed by atoms with Crippen molar-refractivity contribution in [1.82, 2.24) is 30.6 Å². The summed E-state index contributed by atoms with van der Waals surface area (Å²) in [5.74, 6) is 0.921. The van der Waals surface area contributed by atoms with Crippen LogP contribution in [0.2, 0.25) is 0 Å². The fraction of sp³-hybridized carbons (Fsp3) is 0.421. The minimum absolute atomic E-state index is 0. The van der Waals surface area contributed by atoms with Crippen LogP contribution in [0.25, 0.3) is 5.65 Å². The first-order valence-electron chi connectivity index (χ1n) is 9.64. The van der Waals surface area contributed by atoms with Crippen molar-refractivity contribution in [2.45, 2.75) is 26.3 Å². The number of hydrogen-bond acceptors (Lipinski definition) is 7. The third-order valence-corrected chi connectivity index (χ3v) is 5.02. The zero-order valence-electron chi connectivity index (χ0n) is 16.3. The number of rotatable bonds is 6. The van der Waals surface area contributed by atoms with Crippen molar-refractivity contribution in [1.29, 1.82) is 0 Å². The molecule has 1 aliphatic heterocycles. The molecule has 0 radical (unpaired) electrons. The van der Waals surface area contributed by atoms with E-state index in [1.807, 2.05) is 30.3 Å². The number of carbonyl (C=O) groups is 1. The van der Waals surface area contributed by atoms with Crippen LogP contribution in [0.1, 0.15) is 25.3 Å². The van der Waals surface area contributed by atoms with Gasteiger partial charge in [-0.05, 0) is 59.6 Å². The number of piperidine rings is 1. The number of anilines is 2. The van der Waals surface area contributed by atoms with Crippen molar-refractivity contribution >= 4 is 35.5 Å². The summed E-state index contributed by atoms with van der Waals surface area (Å²) in [7, 11) is 0. The van der Waals surface area contributed by atoms with Gasteiger partial charge in [0.2, 0.25) is 5.91 Å². The van der Waals surface area contributed by atoms with Gasteiger partial charge >= 0.3 is 0 Å². The summed E-state index contributed by atoms with van der Waals surface area (Å²) >= 11 is 0. The number of tetrazole rings is 1. The molecule has 3 aromatic rings. The topological polar surface area (TPSA) is 100 Å². The summed E-state index contributed by atoms with van der Waals surface area (Å²) in [4.78, 5) is 14.9. The first-order valence-corrected chi connectivity index (χ1v) is 9.64. The quantitative estimate of drug-likeness (QED) is 0.633. The molecule has 9 nitrogen and oxygen atoms in total. The fourth-order valence-electron chi connectivity index (χ4n) is 3.45. The van der Waals surface area contributed by atoms with Gasteiger partial charge in [0.1, 0.15) is 0 Å². The van der Waals surface area contributed by atoms with Crippen molar-refractivity contribution in [3.63, 3.8) is 0 Å². The first kappa shape index (κ1) is 20.9. The molecular formula is C19H25ClN8O. The average molecular weight is 417 g/mol. The lowest BCUT2D eigenvalue weighted by atomic mass is 9.95. The molecule has 1 aliphatic rings. The van der Waals surface area contributed by atoms with Gasteiger partial charge in [0.05, 0.1) is 0 Å². The minimum Gasteiger partial charge on any atom is -0.355 e. The zero-order chi connectivity index (χ0) is 19.3. The van der Waals surface area contributed by atoms with E-state index < -0.39 is 0 Å². The molecule has 29 heavy (non-hydrogen) atoms. The summed E-state index contributed by atoms with van der Waals surface area (Å²) in [6.45, 7) is 5.36. The molecule has 1 aromatic carbocycles. The van der Waals surface area contributed by atoms with Crippen LogP contribution in [0.4, 0.5) is 11.5 Å². The van der Waals surface area contributed by atoms with Gasteiger partial charge in [0.25, 0.3) is 0 Å². The summed E-state index contributed by atoms with van der Waals surface area (Å²) in [6, 6.07) is 11.8. The van der Waals surface area contributed by atoms with Crippen LogP contribution in [0.5, 0.6) is 0 Å². The molecule has 1 amide bonds. The Morgan fingerprint density at radius 2 is 2.03 bits per heavy atom. The molecule has 0 saturated carbocycles. The second-order valence-corrected chi connectivity index (χ2v) is 6.95. The van der Waals surface area contributed by atoms with Crippen LogP contribution >= 0.6 is 12.4 Å². The van der Waals surface area contributed by atoms with E-state index in [1.54, 1.807) is 0 Å². The van der Waals surface area contributed by atoms with Gasteiger partial charge in [0.15, 0.2) is 11.5 Å². The lowest BCUT2D eigenvalue weighted by Gasteiger charge is -2.31. The van der Waals surface area contributed by atoms with Gasteiger partial charge in [-0.25, -0.2) is 0 Å². The van der Waals surface area contributed by atoms with E-state index in [1.165, 1.54) is 10.2 Å².